The zero-order valence-corrected chi connectivity index (χ0v) is 17.0. The molecule has 142 valence electrons. The van der Waals surface area contributed by atoms with E-state index in [4.69, 9.17) is 0 Å². The summed E-state index contributed by atoms with van der Waals surface area (Å²) in [5.74, 6) is 0.0453. The predicted molar refractivity (Wildman–Crippen MR) is 116 cm³/mol. The van der Waals surface area contributed by atoms with Crippen molar-refractivity contribution in [3.8, 4) is 0 Å². The summed E-state index contributed by atoms with van der Waals surface area (Å²) in [4.78, 5) is 13.2. The standard InChI is InChI=1S/C26H27NO/c1-17-5-10-21(11-6-17)26(22-12-7-18(2)8-13-22)16-24(26)25(28)27-23-14-9-19(3)20(4)15-23/h5-15,24H,16H2,1-4H3,(H,27,28). The van der Waals surface area contributed by atoms with Gasteiger partial charge in [0.25, 0.3) is 0 Å². The highest BCUT2D eigenvalue weighted by molar-refractivity contribution is 5.97. The second-order valence-corrected chi connectivity index (χ2v) is 8.25. The lowest BCUT2D eigenvalue weighted by atomic mass is 9.85. The molecule has 1 amide bonds. The Morgan fingerprint density at radius 1 is 0.786 bits per heavy atom. The second kappa shape index (κ2) is 6.94. The quantitative estimate of drug-likeness (QED) is 0.613. The molecule has 1 N–H and O–H groups in total. The van der Waals surface area contributed by atoms with E-state index in [-0.39, 0.29) is 17.2 Å². The van der Waals surface area contributed by atoms with E-state index in [0.29, 0.717) is 0 Å². The van der Waals surface area contributed by atoms with Crippen molar-refractivity contribution >= 4 is 11.6 Å². The van der Waals surface area contributed by atoms with Crippen LogP contribution in [0.2, 0.25) is 0 Å². The van der Waals surface area contributed by atoms with Gasteiger partial charge in [-0.15, -0.1) is 0 Å². The normalized spacial score (nSPS) is 17.2. The molecule has 0 aliphatic heterocycles. The summed E-state index contributed by atoms with van der Waals surface area (Å²) in [7, 11) is 0. The van der Waals surface area contributed by atoms with Crippen molar-refractivity contribution in [2.75, 3.05) is 5.32 Å². The van der Waals surface area contributed by atoms with Crippen molar-refractivity contribution < 1.29 is 4.79 Å². The van der Waals surface area contributed by atoms with E-state index in [1.165, 1.54) is 33.4 Å². The zero-order valence-electron chi connectivity index (χ0n) is 17.0. The largest absolute Gasteiger partial charge is 0.326 e. The van der Waals surface area contributed by atoms with E-state index in [1.54, 1.807) is 0 Å². The van der Waals surface area contributed by atoms with Crippen molar-refractivity contribution in [2.45, 2.75) is 39.5 Å². The van der Waals surface area contributed by atoms with Gasteiger partial charge < -0.3 is 5.32 Å². The van der Waals surface area contributed by atoms with E-state index < -0.39 is 0 Å². The molecule has 0 aromatic heterocycles. The molecule has 1 unspecified atom stereocenters. The first-order valence-corrected chi connectivity index (χ1v) is 9.92. The Morgan fingerprint density at radius 2 is 1.32 bits per heavy atom. The van der Waals surface area contributed by atoms with E-state index in [2.05, 4.69) is 93.7 Å². The van der Waals surface area contributed by atoms with Crippen molar-refractivity contribution in [2.24, 2.45) is 5.92 Å². The summed E-state index contributed by atoms with van der Waals surface area (Å²) in [5, 5.41) is 3.15. The maximum absolute atomic E-state index is 13.2. The van der Waals surface area contributed by atoms with Gasteiger partial charge in [-0.1, -0.05) is 65.7 Å². The van der Waals surface area contributed by atoms with Gasteiger partial charge >= 0.3 is 0 Å². The molecule has 4 rings (SSSR count). The fraction of sp³-hybridized carbons (Fsp3) is 0.269. The van der Waals surface area contributed by atoms with E-state index in [9.17, 15) is 4.79 Å². The fourth-order valence-electron chi connectivity index (χ4n) is 4.13. The topological polar surface area (TPSA) is 29.1 Å². The molecule has 0 spiro atoms. The van der Waals surface area contributed by atoms with Crippen LogP contribution in [-0.2, 0) is 10.2 Å². The van der Waals surface area contributed by atoms with Crippen LogP contribution >= 0.6 is 0 Å². The molecule has 1 aliphatic carbocycles. The van der Waals surface area contributed by atoms with Gasteiger partial charge in [0.05, 0.1) is 5.92 Å². The molecule has 1 atom stereocenters. The molecule has 2 heteroatoms. The monoisotopic (exact) mass is 369 g/mol. The maximum atomic E-state index is 13.2. The van der Waals surface area contributed by atoms with Crippen LogP contribution < -0.4 is 5.32 Å². The van der Waals surface area contributed by atoms with Gasteiger partial charge in [0.1, 0.15) is 0 Å². The Balaban J connectivity index is 1.66. The molecule has 2 nitrogen and oxygen atoms in total. The average molecular weight is 370 g/mol. The van der Waals surface area contributed by atoms with Gasteiger partial charge in [-0.25, -0.2) is 0 Å². The van der Waals surface area contributed by atoms with Gasteiger partial charge in [-0.3, -0.25) is 4.79 Å². The summed E-state index contributed by atoms with van der Waals surface area (Å²) in [5.41, 5.74) is 7.99. The molecule has 0 heterocycles. The highest BCUT2D eigenvalue weighted by Gasteiger charge is 2.60. The van der Waals surface area contributed by atoms with Crippen molar-refractivity contribution in [3.05, 3.63) is 100 Å². The molecular formula is C26H27NO. The number of aryl methyl sites for hydroxylation is 4. The number of hydrogen-bond acceptors (Lipinski definition) is 1. The van der Waals surface area contributed by atoms with Gasteiger partial charge in [0.15, 0.2) is 0 Å². The Bertz CT molecular complexity index is 970. The van der Waals surface area contributed by atoms with Crippen LogP contribution in [-0.4, -0.2) is 5.91 Å². The van der Waals surface area contributed by atoms with Gasteiger partial charge in [-0.05, 0) is 68.5 Å². The first-order chi connectivity index (χ1) is 13.4. The number of benzene rings is 3. The van der Waals surface area contributed by atoms with Crippen LogP contribution in [0.5, 0.6) is 0 Å². The van der Waals surface area contributed by atoms with Crippen LogP contribution in [0.15, 0.2) is 66.7 Å². The second-order valence-electron chi connectivity index (χ2n) is 8.25. The van der Waals surface area contributed by atoms with Crippen LogP contribution in [0.4, 0.5) is 5.69 Å². The minimum atomic E-state index is -0.231. The van der Waals surface area contributed by atoms with Crippen LogP contribution in [0.3, 0.4) is 0 Å². The fourth-order valence-corrected chi connectivity index (χ4v) is 4.13. The molecule has 0 saturated heterocycles. The lowest BCUT2D eigenvalue weighted by molar-refractivity contribution is -0.117. The molecule has 3 aromatic carbocycles. The number of carbonyl (C=O) groups is 1. The van der Waals surface area contributed by atoms with Crippen molar-refractivity contribution in [3.63, 3.8) is 0 Å². The zero-order chi connectivity index (χ0) is 19.9. The Kier molecular flexibility index (Phi) is 4.58. The van der Waals surface area contributed by atoms with E-state index in [0.717, 1.165) is 12.1 Å². The van der Waals surface area contributed by atoms with Gasteiger partial charge in [0.2, 0.25) is 5.91 Å². The molecule has 3 aromatic rings. The molecule has 0 radical (unpaired) electrons. The Morgan fingerprint density at radius 3 is 1.82 bits per heavy atom. The van der Waals surface area contributed by atoms with Crippen molar-refractivity contribution in [1.29, 1.82) is 0 Å². The lowest BCUT2D eigenvalue weighted by Crippen LogP contribution is -2.22. The maximum Gasteiger partial charge on any atom is 0.228 e. The van der Waals surface area contributed by atoms with Crippen LogP contribution in [0, 0.1) is 33.6 Å². The molecule has 1 fully saturated rings. The number of anilines is 1. The third-order valence-corrected chi connectivity index (χ3v) is 6.19. The van der Waals surface area contributed by atoms with Crippen LogP contribution in [0.25, 0.3) is 0 Å². The Labute approximate surface area is 167 Å². The van der Waals surface area contributed by atoms with E-state index >= 15 is 0 Å². The molecular weight excluding hydrogens is 342 g/mol. The SMILES string of the molecule is Cc1ccc(C2(c3ccc(C)cc3)CC2C(=O)Nc2ccc(C)c(C)c2)cc1. The lowest BCUT2D eigenvalue weighted by Gasteiger charge is -2.20. The first kappa shape index (κ1) is 18.5. The molecule has 0 bridgehead atoms. The highest BCUT2D eigenvalue weighted by Crippen LogP contribution is 2.59. The van der Waals surface area contributed by atoms with E-state index in [1.807, 2.05) is 6.07 Å². The third-order valence-electron chi connectivity index (χ3n) is 6.19. The summed E-state index contributed by atoms with van der Waals surface area (Å²) in [6.45, 7) is 8.35. The molecule has 1 saturated carbocycles. The summed E-state index contributed by atoms with van der Waals surface area (Å²) >= 11 is 0. The summed E-state index contributed by atoms with van der Waals surface area (Å²) < 4.78 is 0. The van der Waals surface area contributed by atoms with Crippen molar-refractivity contribution in [1.82, 2.24) is 0 Å². The highest BCUT2D eigenvalue weighted by atomic mass is 16.2. The van der Waals surface area contributed by atoms with Crippen LogP contribution in [0.1, 0.15) is 39.8 Å². The number of amides is 1. The number of rotatable bonds is 4. The number of hydrogen-bond donors (Lipinski definition) is 1. The number of nitrogens with one attached hydrogen (secondary N) is 1. The average Bonchev–Trinajstić information content (AvgIpc) is 3.43. The predicted octanol–water partition coefficient (Wildman–Crippen LogP) is 5.86. The summed E-state index contributed by atoms with van der Waals surface area (Å²) in [6, 6.07) is 23.4. The Hall–Kier alpha value is -2.87. The summed E-state index contributed by atoms with van der Waals surface area (Å²) in [6.07, 6.45) is 0.843. The minimum Gasteiger partial charge on any atom is -0.326 e. The molecule has 1 aliphatic rings. The molecule has 28 heavy (non-hydrogen) atoms. The minimum absolute atomic E-state index is 0.0560. The van der Waals surface area contributed by atoms with Gasteiger partial charge in [-0.2, -0.15) is 0 Å². The smallest absolute Gasteiger partial charge is 0.228 e. The first-order valence-electron chi connectivity index (χ1n) is 9.92. The van der Waals surface area contributed by atoms with Gasteiger partial charge in [0, 0.05) is 11.1 Å². The number of carbonyl (C=O) groups excluding carboxylic acids is 1. The third kappa shape index (κ3) is 3.24.